The Morgan fingerprint density at radius 2 is 1.43 bits per heavy atom. The second kappa shape index (κ2) is 7.38. The summed E-state index contributed by atoms with van der Waals surface area (Å²) >= 11 is 0. The van der Waals surface area contributed by atoms with Gasteiger partial charge in [-0.05, 0) is 28.5 Å². The predicted octanol–water partition coefficient (Wildman–Crippen LogP) is 4.04. The molecule has 1 aliphatic heterocycles. The number of imidazole rings is 1. The van der Waals surface area contributed by atoms with Gasteiger partial charge < -0.3 is 4.57 Å². The summed E-state index contributed by atoms with van der Waals surface area (Å²) in [5, 5.41) is 2.72. The van der Waals surface area contributed by atoms with E-state index in [-0.39, 0.29) is 0 Å². The van der Waals surface area contributed by atoms with E-state index in [1.54, 1.807) is 0 Å². The molecular weight excluding hydrogens is 344 g/mol. The van der Waals surface area contributed by atoms with Gasteiger partial charge in [0.2, 0.25) is 0 Å². The maximum atomic E-state index is 4.83. The van der Waals surface area contributed by atoms with Gasteiger partial charge in [0.1, 0.15) is 5.82 Å². The van der Waals surface area contributed by atoms with Gasteiger partial charge >= 0.3 is 0 Å². The van der Waals surface area contributed by atoms with Crippen LogP contribution in [0, 0.1) is 0 Å². The van der Waals surface area contributed by atoms with Crippen LogP contribution in [0.5, 0.6) is 0 Å². The summed E-state index contributed by atoms with van der Waals surface area (Å²) in [5.41, 5.74) is 3.74. The highest BCUT2D eigenvalue weighted by Crippen LogP contribution is 2.21. The number of benzene rings is 3. The van der Waals surface area contributed by atoms with Crippen LogP contribution < -0.4 is 0 Å². The largest absolute Gasteiger partial charge is 0.330 e. The number of para-hydroxylation sites is 2. The minimum atomic E-state index is 0.924. The average molecular weight is 371 g/mol. The van der Waals surface area contributed by atoms with Gasteiger partial charge in [-0.3, -0.25) is 9.80 Å². The molecule has 4 aromatic rings. The number of fused-ring (bicyclic) bond motifs is 2. The molecule has 2 heterocycles. The molecule has 1 aliphatic rings. The molecule has 0 saturated carbocycles. The van der Waals surface area contributed by atoms with Crippen molar-refractivity contribution >= 4 is 21.8 Å². The molecule has 4 nitrogen and oxygen atoms in total. The average Bonchev–Trinajstić information content (AvgIpc) is 3.05. The lowest BCUT2D eigenvalue weighted by Gasteiger charge is -2.34. The Balaban J connectivity index is 1.24. The van der Waals surface area contributed by atoms with Crippen molar-refractivity contribution < 1.29 is 0 Å². The first kappa shape index (κ1) is 17.4. The molecule has 142 valence electrons. The van der Waals surface area contributed by atoms with Gasteiger partial charge in [0.25, 0.3) is 0 Å². The lowest BCUT2D eigenvalue weighted by Crippen LogP contribution is -2.45. The molecule has 0 bridgehead atoms. The van der Waals surface area contributed by atoms with Crippen molar-refractivity contribution in [1.29, 1.82) is 0 Å². The monoisotopic (exact) mass is 370 g/mol. The Kier molecular flexibility index (Phi) is 4.59. The standard InChI is InChI=1S/C24H26N4/c1-26-23-12-5-4-11-22(23)25-24(26)18-28-15-13-27(14-16-28)17-20-9-6-8-19-7-2-3-10-21(19)20/h2-12H,13-18H2,1H3. The number of hydrogen-bond donors (Lipinski definition) is 0. The second-order valence-corrected chi connectivity index (χ2v) is 7.77. The van der Waals surface area contributed by atoms with E-state index in [0.29, 0.717) is 0 Å². The van der Waals surface area contributed by atoms with Gasteiger partial charge in [0.15, 0.2) is 0 Å². The number of aryl methyl sites for hydroxylation is 1. The van der Waals surface area contributed by atoms with E-state index in [4.69, 9.17) is 4.98 Å². The van der Waals surface area contributed by atoms with E-state index >= 15 is 0 Å². The Labute approximate surface area is 166 Å². The topological polar surface area (TPSA) is 24.3 Å². The quantitative estimate of drug-likeness (QED) is 0.542. The number of nitrogens with zero attached hydrogens (tertiary/aromatic N) is 4. The first-order valence-electron chi connectivity index (χ1n) is 10.1. The third-order valence-electron chi connectivity index (χ3n) is 5.98. The number of piperazine rings is 1. The van der Waals surface area contributed by atoms with E-state index < -0.39 is 0 Å². The maximum absolute atomic E-state index is 4.83. The van der Waals surface area contributed by atoms with Crippen LogP contribution in [0.3, 0.4) is 0 Å². The van der Waals surface area contributed by atoms with E-state index in [0.717, 1.165) is 50.6 Å². The highest BCUT2D eigenvalue weighted by molar-refractivity contribution is 5.85. The SMILES string of the molecule is Cn1c(CN2CCN(Cc3cccc4ccccc34)CC2)nc2ccccc21. The predicted molar refractivity (Wildman–Crippen MR) is 115 cm³/mol. The fourth-order valence-corrected chi connectivity index (χ4v) is 4.31. The Hall–Kier alpha value is -2.69. The summed E-state index contributed by atoms with van der Waals surface area (Å²) in [5.74, 6) is 1.16. The van der Waals surface area contributed by atoms with Crippen LogP contribution in [0.15, 0.2) is 66.7 Å². The molecule has 0 radical (unpaired) electrons. The minimum absolute atomic E-state index is 0.924. The van der Waals surface area contributed by atoms with Gasteiger partial charge in [-0.15, -0.1) is 0 Å². The molecule has 1 saturated heterocycles. The van der Waals surface area contributed by atoms with Crippen molar-refractivity contribution in [2.24, 2.45) is 7.05 Å². The van der Waals surface area contributed by atoms with Crippen molar-refractivity contribution in [3.63, 3.8) is 0 Å². The molecule has 4 heteroatoms. The molecule has 0 N–H and O–H groups in total. The summed E-state index contributed by atoms with van der Waals surface area (Å²) in [6.45, 7) is 6.34. The number of hydrogen-bond acceptors (Lipinski definition) is 3. The molecule has 3 aromatic carbocycles. The molecule has 0 atom stereocenters. The zero-order chi connectivity index (χ0) is 18.9. The first-order valence-corrected chi connectivity index (χ1v) is 10.1. The summed E-state index contributed by atoms with van der Waals surface area (Å²) in [4.78, 5) is 9.94. The molecule has 1 aromatic heterocycles. The zero-order valence-corrected chi connectivity index (χ0v) is 16.4. The highest BCUT2D eigenvalue weighted by Gasteiger charge is 2.19. The van der Waals surface area contributed by atoms with Crippen LogP contribution in [0.1, 0.15) is 11.4 Å². The summed E-state index contributed by atoms with van der Waals surface area (Å²) < 4.78 is 2.23. The fraction of sp³-hybridized carbons (Fsp3) is 0.292. The molecule has 0 unspecified atom stereocenters. The molecule has 0 aliphatic carbocycles. The van der Waals surface area contributed by atoms with Crippen molar-refractivity contribution in [2.75, 3.05) is 26.2 Å². The van der Waals surface area contributed by atoms with Gasteiger partial charge in [-0.1, -0.05) is 54.6 Å². The molecule has 0 amide bonds. The zero-order valence-electron chi connectivity index (χ0n) is 16.4. The van der Waals surface area contributed by atoms with E-state index in [1.807, 2.05) is 0 Å². The van der Waals surface area contributed by atoms with Crippen LogP contribution in [-0.4, -0.2) is 45.5 Å². The van der Waals surface area contributed by atoms with Crippen molar-refractivity contribution in [3.8, 4) is 0 Å². The summed E-state index contributed by atoms with van der Waals surface area (Å²) in [6.07, 6.45) is 0. The Bertz CT molecular complexity index is 1100. The number of rotatable bonds is 4. The Morgan fingerprint density at radius 1 is 0.750 bits per heavy atom. The lowest BCUT2D eigenvalue weighted by molar-refractivity contribution is 0.119. The van der Waals surface area contributed by atoms with Crippen LogP contribution in [0.25, 0.3) is 21.8 Å². The van der Waals surface area contributed by atoms with Gasteiger partial charge in [-0.25, -0.2) is 4.98 Å². The van der Waals surface area contributed by atoms with Crippen LogP contribution >= 0.6 is 0 Å². The van der Waals surface area contributed by atoms with Gasteiger partial charge in [0.05, 0.1) is 17.6 Å². The fourth-order valence-electron chi connectivity index (χ4n) is 4.31. The van der Waals surface area contributed by atoms with Gasteiger partial charge in [0, 0.05) is 39.8 Å². The number of aromatic nitrogens is 2. The van der Waals surface area contributed by atoms with Crippen LogP contribution in [0.4, 0.5) is 0 Å². The molecule has 28 heavy (non-hydrogen) atoms. The van der Waals surface area contributed by atoms with Crippen molar-refractivity contribution in [2.45, 2.75) is 13.1 Å². The highest BCUT2D eigenvalue weighted by atomic mass is 15.3. The van der Waals surface area contributed by atoms with E-state index in [9.17, 15) is 0 Å². The smallest absolute Gasteiger partial charge is 0.123 e. The summed E-state index contributed by atoms with van der Waals surface area (Å²) in [6, 6.07) is 23.7. The molecule has 5 rings (SSSR count). The van der Waals surface area contributed by atoms with Crippen LogP contribution in [-0.2, 0) is 20.1 Å². The molecular formula is C24H26N4. The van der Waals surface area contributed by atoms with E-state index in [2.05, 4.69) is 88.1 Å². The summed E-state index contributed by atoms with van der Waals surface area (Å²) in [7, 11) is 2.13. The van der Waals surface area contributed by atoms with Gasteiger partial charge in [-0.2, -0.15) is 0 Å². The maximum Gasteiger partial charge on any atom is 0.123 e. The molecule has 0 spiro atoms. The van der Waals surface area contributed by atoms with Crippen molar-refractivity contribution in [3.05, 3.63) is 78.1 Å². The third-order valence-corrected chi connectivity index (χ3v) is 5.98. The van der Waals surface area contributed by atoms with Crippen LogP contribution in [0.2, 0.25) is 0 Å². The normalized spacial score (nSPS) is 16.2. The first-order chi connectivity index (χ1) is 13.8. The van der Waals surface area contributed by atoms with E-state index in [1.165, 1.54) is 21.9 Å². The molecule has 1 fully saturated rings. The minimum Gasteiger partial charge on any atom is -0.330 e. The van der Waals surface area contributed by atoms with Crippen molar-refractivity contribution in [1.82, 2.24) is 19.4 Å². The Morgan fingerprint density at radius 3 is 2.25 bits per heavy atom. The lowest BCUT2D eigenvalue weighted by atomic mass is 10.0. The second-order valence-electron chi connectivity index (χ2n) is 7.77. The third kappa shape index (κ3) is 3.30.